The molecule has 0 unspecified atom stereocenters. The van der Waals surface area contributed by atoms with E-state index < -0.39 is 42.4 Å². The highest BCUT2D eigenvalue weighted by Crippen LogP contribution is 2.33. The first-order chi connectivity index (χ1) is 16.3. The van der Waals surface area contributed by atoms with Gasteiger partial charge in [-0.3, -0.25) is 4.98 Å². The summed E-state index contributed by atoms with van der Waals surface area (Å²) in [5.74, 6) is -1.24. The Morgan fingerprint density at radius 2 is 1.66 bits per heavy atom. The van der Waals surface area contributed by atoms with Gasteiger partial charge in [-0.15, -0.1) is 0 Å². The molecule has 12 heteroatoms. The van der Waals surface area contributed by atoms with Crippen molar-refractivity contribution in [3.05, 3.63) is 105 Å². The van der Waals surface area contributed by atoms with Crippen molar-refractivity contribution >= 4 is 11.6 Å². The average Bonchev–Trinajstić information content (AvgIpc) is 2.77. The third-order valence-corrected chi connectivity index (χ3v) is 4.81. The molecule has 0 aliphatic rings. The molecule has 0 fully saturated rings. The van der Waals surface area contributed by atoms with E-state index in [4.69, 9.17) is 11.6 Å². The Morgan fingerprint density at radius 3 is 2.11 bits per heavy atom. The predicted molar refractivity (Wildman–Crippen MR) is 117 cm³/mol. The van der Waals surface area contributed by atoms with Crippen LogP contribution >= 0.6 is 11.6 Å². The van der Waals surface area contributed by atoms with E-state index in [2.05, 4.69) is 29.4 Å². The van der Waals surface area contributed by atoms with Gasteiger partial charge in [0.05, 0.1) is 22.3 Å². The number of aromatic nitrogens is 1. The molecule has 4 nitrogen and oxygen atoms in total. The van der Waals surface area contributed by atoms with E-state index in [1.54, 1.807) is 0 Å². The van der Waals surface area contributed by atoms with Crippen LogP contribution in [0.2, 0.25) is 5.02 Å². The summed E-state index contributed by atoms with van der Waals surface area (Å²) >= 11 is 5.69. The summed E-state index contributed by atoms with van der Waals surface area (Å²) in [4.78, 5) is 14.3. The van der Waals surface area contributed by atoms with Gasteiger partial charge in [-0.1, -0.05) is 52.7 Å². The summed E-state index contributed by atoms with van der Waals surface area (Å²) < 4.78 is 90.8. The molecule has 0 radical (unpaired) electrons. The summed E-state index contributed by atoms with van der Waals surface area (Å²) in [6, 6.07) is 10.3. The highest BCUT2D eigenvalue weighted by atomic mass is 35.5. The molecule has 35 heavy (non-hydrogen) atoms. The Balaban J connectivity index is 0.000000527. The lowest BCUT2D eigenvalue weighted by Gasteiger charge is -2.22. The summed E-state index contributed by atoms with van der Waals surface area (Å²) in [5.41, 5.74) is -0.379. The summed E-state index contributed by atoms with van der Waals surface area (Å²) in [7, 11) is 0. The number of rotatable bonds is 6. The molecule has 0 amide bonds. The number of alkyl halides is 6. The number of hydrogen-bond donors (Lipinski definition) is 1. The predicted octanol–water partition coefficient (Wildman–Crippen LogP) is 7.26. The van der Waals surface area contributed by atoms with Gasteiger partial charge >= 0.3 is 12.4 Å². The molecule has 3 rings (SSSR count). The van der Waals surface area contributed by atoms with E-state index in [-0.39, 0.29) is 22.3 Å². The van der Waals surface area contributed by atoms with Crippen molar-refractivity contribution in [2.75, 3.05) is 6.54 Å². The standard InChI is InChI=1S/C16H11ClF7N3O.C7H8/c17-10-1-2-12(25-6-10)14(26-7-13(27-28)16(22,23)24)8-3-9(15(19,20)21)5-11(18)4-8;1-7-5-3-2-4-6-7/h1-6,13-14,26H,7H2;2-6H,1H3/t13-,14+;/m1./s1. The van der Waals surface area contributed by atoms with Crippen LogP contribution in [0.3, 0.4) is 0 Å². The molecule has 3 aromatic rings. The van der Waals surface area contributed by atoms with Gasteiger partial charge in [0.15, 0.2) is 6.04 Å². The fourth-order valence-corrected chi connectivity index (χ4v) is 2.98. The summed E-state index contributed by atoms with van der Waals surface area (Å²) in [5, 5.41) is 4.42. The lowest BCUT2D eigenvalue weighted by Crippen LogP contribution is -2.39. The van der Waals surface area contributed by atoms with Crippen molar-refractivity contribution in [3.8, 4) is 0 Å². The molecule has 0 saturated heterocycles. The molecule has 1 aromatic heterocycles. The average molecular weight is 522 g/mol. The zero-order chi connectivity index (χ0) is 26.2. The van der Waals surface area contributed by atoms with Gasteiger partial charge in [-0.25, -0.2) is 4.39 Å². The Kier molecular flexibility index (Phi) is 9.73. The first-order valence-corrected chi connectivity index (χ1v) is 10.3. The monoisotopic (exact) mass is 521 g/mol. The summed E-state index contributed by atoms with van der Waals surface area (Å²) in [6.45, 7) is 1.03. The number of halogens is 8. The molecule has 0 bridgehead atoms. The maximum absolute atomic E-state index is 13.7. The SMILES string of the molecule is Cc1ccccc1.O=N[C@H](CN[C@@H](c1cc(F)cc(C(F)(F)F)c1)c1ccc(Cl)cn1)C(F)(F)F. The van der Waals surface area contributed by atoms with Crippen molar-refractivity contribution in [3.63, 3.8) is 0 Å². The fourth-order valence-electron chi connectivity index (χ4n) is 2.87. The first-order valence-electron chi connectivity index (χ1n) is 9.94. The van der Waals surface area contributed by atoms with Crippen LogP contribution in [0.25, 0.3) is 0 Å². The molecule has 0 aliphatic carbocycles. The van der Waals surface area contributed by atoms with Gasteiger partial charge in [0, 0.05) is 12.7 Å². The molecule has 0 saturated carbocycles. The van der Waals surface area contributed by atoms with Gasteiger partial charge in [0.1, 0.15) is 5.82 Å². The Hall–Kier alpha value is -3.05. The van der Waals surface area contributed by atoms with Gasteiger partial charge < -0.3 is 5.32 Å². The second-order valence-corrected chi connectivity index (χ2v) is 7.77. The molecule has 2 atom stereocenters. The minimum atomic E-state index is -4.97. The van der Waals surface area contributed by atoms with Crippen molar-refractivity contribution in [1.82, 2.24) is 10.3 Å². The fraction of sp³-hybridized carbons (Fsp3) is 0.261. The molecule has 1 N–H and O–H groups in total. The van der Waals surface area contributed by atoms with Crippen LogP contribution in [0.1, 0.15) is 28.4 Å². The van der Waals surface area contributed by atoms with Crippen molar-refractivity contribution in [2.24, 2.45) is 5.18 Å². The van der Waals surface area contributed by atoms with Gasteiger partial charge in [-0.2, -0.15) is 31.2 Å². The minimum Gasteiger partial charge on any atom is -0.302 e. The van der Waals surface area contributed by atoms with Crippen molar-refractivity contribution in [2.45, 2.75) is 31.4 Å². The van der Waals surface area contributed by atoms with Gasteiger partial charge in [0.25, 0.3) is 0 Å². The smallest absolute Gasteiger partial charge is 0.302 e. The van der Waals surface area contributed by atoms with Crippen LogP contribution in [0.15, 0.2) is 72.0 Å². The number of hydrogen-bond acceptors (Lipinski definition) is 4. The molecule has 0 aliphatic heterocycles. The Labute approximate surface area is 201 Å². The zero-order valence-electron chi connectivity index (χ0n) is 18.0. The van der Waals surface area contributed by atoms with Gasteiger partial charge in [0.2, 0.25) is 0 Å². The molecular weight excluding hydrogens is 503 g/mol. The van der Waals surface area contributed by atoms with E-state index in [0.717, 1.165) is 12.3 Å². The number of nitrogens with one attached hydrogen (secondary N) is 1. The van der Waals surface area contributed by atoms with E-state index in [1.807, 2.05) is 23.4 Å². The van der Waals surface area contributed by atoms with Crippen molar-refractivity contribution in [1.29, 1.82) is 0 Å². The van der Waals surface area contributed by atoms with Crippen LogP contribution in [0.5, 0.6) is 0 Å². The zero-order valence-corrected chi connectivity index (χ0v) is 18.8. The molecule has 1 heterocycles. The molecule has 0 spiro atoms. The molecule has 188 valence electrons. The van der Waals surface area contributed by atoms with Crippen LogP contribution in [0.4, 0.5) is 30.7 Å². The number of aryl methyl sites for hydroxylation is 1. The van der Waals surface area contributed by atoms with E-state index in [1.165, 1.54) is 17.7 Å². The first kappa shape index (κ1) is 28.2. The largest absolute Gasteiger partial charge is 0.416 e. The van der Waals surface area contributed by atoms with Crippen LogP contribution in [-0.4, -0.2) is 23.7 Å². The highest BCUT2D eigenvalue weighted by Gasteiger charge is 2.41. The topological polar surface area (TPSA) is 54.4 Å². The third-order valence-electron chi connectivity index (χ3n) is 4.59. The Bertz CT molecular complexity index is 1090. The quantitative estimate of drug-likeness (QED) is 0.274. The summed E-state index contributed by atoms with van der Waals surface area (Å²) in [6.07, 6.45) is -8.73. The van der Waals surface area contributed by atoms with Gasteiger partial charge in [-0.05, 0) is 42.8 Å². The number of nitrogens with zero attached hydrogens (tertiary/aromatic N) is 2. The number of nitroso groups, excluding NO2 is 1. The molecular formula is C23H19ClF7N3O. The van der Waals surface area contributed by atoms with E-state index in [0.29, 0.717) is 6.07 Å². The lowest BCUT2D eigenvalue weighted by molar-refractivity contribution is -0.146. The van der Waals surface area contributed by atoms with Crippen LogP contribution in [-0.2, 0) is 6.18 Å². The lowest BCUT2D eigenvalue weighted by atomic mass is 9.99. The third kappa shape index (κ3) is 8.91. The maximum atomic E-state index is 13.7. The van der Waals surface area contributed by atoms with Crippen LogP contribution in [0, 0.1) is 17.6 Å². The number of pyridine rings is 1. The van der Waals surface area contributed by atoms with Crippen molar-refractivity contribution < 1.29 is 30.7 Å². The highest BCUT2D eigenvalue weighted by molar-refractivity contribution is 6.30. The Morgan fingerprint density at radius 1 is 1.00 bits per heavy atom. The van der Waals surface area contributed by atoms with E-state index in [9.17, 15) is 35.6 Å². The second-order valence-electron chi connectivity index (χ2n) is 7.33. The normalized spacial score (nSPS) is 13.4. The maximum Gasteiger partial charge on any atom is 0.416 e. The van der Waals surface area contributed by atoms with Crippen LogP contribution < -0.4 is 5.32 Å². The minimum absolute atomic E-state index is 0.0325. The van der Waals surface area contributed by atoms with E-state index >= 15 is 0 Å². The molecule has 2 aromatic carbocycles. The number of benzene rings is 2. The second kappa shape index (κ2) is 12.1.